The van der Waals surface area contributed by atoms with Gasteiger partial charge in [-0.3, -0.25) is 4.90 Å². The summed E-state index contributed by atoms with van der Waals surface area (Å²) in [4.78, 5) is 7.31. The predicted octanol–water partition coefficient (Wildman–Crippen LogP) is 6.37. The summed E-state index contributed by atoms with van der Waals surface area (Å²) in [5, 5.41) is 9.64. The molecule has 1 fully saturated rings. The maximum absolute atomic E-state index is 14.8. The van der Waals surface area contributed by atoms with Gasteiger partial charge in [-0.2, -0.15) is 5.26 Å². The normalized spacial score (nSPS) is 19.3. The summed E-state index contributed by atoms with van der Waals surface area (Å²) in [7, 11) is 1.70. The maximum atomic E-state index is 14.8. The zero-order chi connectivity index (χ0) is 27.9. The molecule has 0 spiro atoms. The molecule has 1 aromatic heterocycles. The molecule has 4 aromatic rings. The van der Waals surface area contributed by atoms with Crippen molar-refractivity contribution in [3.8, 4) is 17.6 Å². The minimum atomic E-state index is -1.26. The Morgan fingerprint density at radius 1 is 1.15 bits per heavy atom. The van der Waals surface area contributed by atoms with Gasteiger partial charge in [-0.05, 0) is 74.3 Å². The fourth-order valence-corrected chi connectivity index (χ4v) is 6.00. The molecule has 0 N–H and O–H groups in total. The van der Waals surface area contributed by atoms with E-state index in [1.807, 2.05) is 30.3 Å². The van der Waals surface area contributed by atoms with E-state index < -0.39 is 11.6 Å². The van der Waals surface area contributed by atoms with Crippen molar-refractivity contribution < 1.29 is 18.6 Å². The van der Waals surface area contributed by atoms with E-state index in [9.17, 15) is 9.65 Å². The summed E-state index contributed by atoms with van der Waals surface area (Å²) < 4.78 is 34.8. The van der Waals surface area contributed by atoms with Crippen LogP contribution in [0.25, 0.3) is 11.0 Å². The van der Waals surface area contributed by atoms with Crippen molar-refractivity contribution in [2.24, 2.45) is 0 Å². The van der Waals surface area contributed by atoms with Crippen LogP contribution >= 0.6 is 11.6 Å². The van der Waals surface area contributed by atoms with Crippen LogP contribution in [0.1, 0.15) is 48.2 Å². The monoisotopic (exact) mass is 560 g/mol. The second-order valence-electron chi connectivity index (χ2n) is 10.5. The van der Waals surface area contributed by atoms with Gasteiger partial charge in [0.15, 0.2) is 11.5 Å². The minimum absolute atomic E-state index is 0.290. The van der Waals surface area contributed by atoms with Crippen molar-refractivity contribution in [2.45, 2.75) is 44.6 Å². The molecular formula is C31H30ClFN4O3. The number of rotatable bonds is 7. The van der Waals surface area contributed by atoms with Gasteiger partial charge in [-0.15, -0.1) is 0 Å². The quantitative estimate of drug-likeness (QED) is 0.261. The summed E-state index contributed by atoms with van der Waals surface area (Å²) in [6.07, 6.45) is 1.89. The Kier molecular flexibility index (Phi) is 7.13. The zero-order valence-corrected chi connectivity index (χ0v) is 23.2. The van der Waals surface area contributed by atoms with Crippen LogP contribution in [0.15, 0.2) is 54.6 Å². The first-order chi connectivity index (χ1) is 19.4. The number of nitriles is 1. The number of aromatic nitrogens is 2. The van der Waals surface area contributed by atoms with Gasteiger partial charge in [0.2, 0.25) is 0 Å². The second-order valence-corrected chi connectivity index (χ2v) is 10.9. The third-order valence-electron chi connectivity index (χ3n) is 7.90. The van der Waals surface area contributed by atoms with Crippen LogP contribution in [0.4, 0.5) is 4.39 Å². The molecule has 7 nitrogen and oxygen atoms in total. The highest BCUT2D eigenvalue weighted by Crippen LogP contribution is 2.49. The number of nitrogens with zero attached hydrogens (tertiary/aromatic N) is 4. The molecule has 0 radical (unpaired) electrons. The fraction of sp³-hybridized carbons (Fsp3) is 0.355. The molecule has 40 heavy (non-hydrogen) atoms. The minimum Gasteiger partial charge on any atom is -0.444 e. The van der Waals surface area contributed by atoms with Crippen LogP contribution in [-0.2, 0) is 23.6 Å². The average Bonchev–Trinajstić information content (AvgIpc) is 3.48. The molecule has 0 aliphatic carbocycles. The molecule has 2 aliphatic rings. The molecule has 3 heterocycles. The standard InChI is InChI=1S/C31H30ClFN4O3/c1-31(24-8-7-22(32)17-25(24)33)39-28-5-3-4-23(30(28)40-31)21-10-12-36(13-11-21)19-29-35-26-16-20(18-34)6-9-27(26)37(29)14-15-38-2/h3-9,16-17,21H,10-15,19H2,1-2H3. The number of likely N-dealkylation sites (tertiary alicyclic amines) is 1. The Balaban J connectivity index is 1.18. The molecule has 0 bridgehead atoms. The van der Waals surface area contributed by atoms with E-state index in [1.165, 1.54) is 6.07 Å². The molecule has 6 rings (SSSR count). The molecule has 0 amide bonds. The first-order valence-corrected chi connectivity index (χ1v) is 13.8. The van der Waals surface area contributed by atoms with Gasteiger partial charge in [-0.1, -0.05) is 23.7 Å². The topological polar surface area (TPSA) is 72.5 Å². The first kappa shape index (κ1) is 26.6. The van der Waals surface area contributed by atoms with Crippen molar-refractivity contribution in [3.05, 3.63) is 88.0 Å². The van der Waals surface area contributed by atoms with Crippen LogP contribution in [0.2, 0.25) is 5.02 Å². The number of hydrogen-bond acceptors (Lipinski definition) is 6. The van der Waals surface area contributed by atoms with E-state index in [2.05, 4.69) is 21.6 Å². The second kappa shape index (κ2) is 10.7. The molecule has 1 atom stereocenters. The Hall–Kier alpha value is -3.64. The van der Waals surface area contributed by atoms with Crippen LogP contribution in [-0.4, -0.2) is 41.3 Å². The number of imidazole rings is 1. The van der Waals surface area contributed by atoms with Crippen molar-refractivity contribution in [1.29, 1.82) is 5.26 Å². The molecule has 9 heteroatoms. The number of para-hydroxylation sites is 1. The lowest BCUT2D eigenvalue weighted by Crippen LogP contribution is -2.34. The predicted molar refractivity (Wildman–Crippen MR) is 150 cm³/mol. The summed E-state index contributed by atoms with van der Waals surface area (Å²) >= 11 is 5.96. The van der Waals surface area contributed by atoms with E-state index >= 15 is 0 Å². The number of fused-ring (bicyclic) bond motifs is 2. The summed E-state index contributed by atoms with van der Waals surface area (Å²) in [5.74, 6) is 0.850. The smallest absolute Gasteiger partial charge is 0.278 e. The lowest BCUT2D eigenvalue weighted by molar-refractivity contribution is -0.0712. The van der Waals surface area contributed by atoms with Gasteiger partial charge in [0, 0.05) is 31.2 Å². The van der Waals surface area contributed by atoms with Crippen molar-refractivity contribution >= 4 is 22.6 Å². The van der Waals surface area contributed by atoms with Crippen LogP contribution in [0, 0.1) is 17.1 Å². The lowest BCUT2D eigenvalue weighted by atomic mass is 9.88. The van der Waals surface area contributed by atoms with Crippen LogP contribution in [0.3, 0.4) is 0 Å². The van der Waals surface area contributed by atoms with Gasteiger partial charge < -0.3 is 18.8 Å². The van der Waals surface area contributed by atoms with Gasteiger partial charge in [0.05, 0.1) is 41.4 Å². The van der Waals surface area contributed by atoms with Crippen molar-refractivity contribution in [3.63, 3.8) is 0 Å². The maximum Gasteiger partial charge on any atom is 0.278 e. The van der Waals surface area contributed by atoms with Crippen LogP contribution < -0.4 is 9.47 Å². The molecule has 1 unspecified atom stereocenters. The molecule has 206 valence electrons. The Labute approximate surface area is 237 Å². The number of methoxy groups -OCH3 is 1. The first-order valence-electron chi connectivity index (χ1n) is 13.5. The highest BCUT2D eigenvalue weighted by molar-refractivity contribution is 6.30. The van der Waals surface area contributed by atoms with Gasteiger partial charge in [0.25, 0.3) is 5.79 Å². The number of benzene rings is 3. The van der Waals surface area contributed by atoms with E-state index in [-0.39, 0.29) is 5.92 Å². The third kappa shape index (κ3) is 4.90. The van der Waals surface area contributed by atoms with Crippen molar-refractivity contribution in [1.82, 2.24) is 14.5 Å². The molecule has 2 aliphatic heterocycles. The molecular weight excluding hydrogens is 531 g/mol. The Bertz CT molecular complexity index is 1610. The van der Waals surface area contributed by atoms with E-state index in [0.717, 1.165) is 48.4 Å². The van der Waals surface area contributed by atoms with Crippen LogP contribution in [0.5, 0.6) is 11.5 Å². The van der Waals surface area contributed by atoms with Gasteiger partial charge in [-0.25, -0.2) is 9.37 Å². The number of ether oxygens (including phenoxy) is 3. The molecule has 0 saturated carbocycles. The highest BCUT2D eigenvalue weighted by atomic mass is 35.5. The summed E-state index contributed by atoms with van der Waals surface area (Å²) in [5.41, 5.74) is 3.85. The SMILES string of the molecule is COCCn1c(CN2CCC(c3cccc4c3OC(C)(c3ccc(Cl)cc3F)O4)CC2)nc2cc(C#N)ccc21. The summed E-state index contributed by atoms with van der Waals surface area (Å²) in [6.45, 7) is 5.53. The van der Waals surface area contributed by atoms with Gasteiger partial charge in [0.1, 0.15) is 11.6 Å². The van der Waals surface area contributed by atoms with E-state index in [0.29, 0.717) is 47.3 Å². The van der Waals surface area contributed by atoms with E-state index in [1.54, 1.807) is 26.2 Å². The Morgan fingerprint density at radius 3 is 2.73 bits per heavy atom. The van der Waals surface area contributed by atoms with Crippen molar-refractivity contribution in [2.75, 3.05) is 26.8 Å². The zero-order valence-electron chi connectivity index (χ0n) is 22.5. The Morgan fingerprint density at radius 2 is 1.98 bits per heavy atom. The summed E-state index contributed by atoms with van der Waals surface area (Å²) in [6, 6.07) is 18.3. The molecule has 3 aromatic carbocycles. The van der Waals surface area contributed by atoms with E-state index in [4.69, 9.17) is 30.8 Å². The fourth-order valence-electron chi connectivity index (χ4n) is 5.84. The number of halogens is 2. The third-order valence-corrected chi connectivity index (χ3v) is 8.13. The average molecular weight is 561 g/mol. The number of piperidine rings is 1. The van der Waals surface area contributed by atoms with Gasteiger partial charge >= 0.3 is 0 Å². The number of hydrogen-bond donors (Lipinski definition) is 0. The largest absolute Gasteiger partial charge is 0.444 e. The highest BCUT2D eigenvalue weighted by Gasteiger charge is 2.43. The lowest BCUT2D eigenvalue weighted by Gasteiger charge is -2.32. The molecule has 1 saturated heterocycles.